The molecule has 2 aromatic heterocycles. The van der Waals surface area contributed by atoms with Crippen molar-refractivity contribution in [2.45, 2.75) is 39.8 Å². The minimum absolute atomic E-state index is 0.0213. The minimum atomic E-state index is 0.0213. The van der Waals surface area contributed by atoms with E-state index in [4.69, 9.17) is 9.40 Å². The maximum absolute atomic E-state index is 12.7. The minimum Gasteiger partial charge on any atom is -0.467 e. The number of carbonyl (C=O) groups is 1. The summed E-state index contributed by atoms with van der Waals surface area (Å²) < 4.78 is 7.65. The Kier molecular flexibility index (Phi) is 5.90. The van der Waals surface area contributed by atoms with E-state index in [-0.39, 0.29) is 11.8 Å². The van der Waals surface area contributed by atoms with Crippen LogP contribution in [-0.2, 0) is 17.9 Å². The smallest absolute Gasteiger partial charge is 0.223 e. The molecule has 0 atom stereocenters. The van der Waals surface area contributed by atoms with E-state index in [0.717, 1.165) is 55.2 Å². The maximum atomic E-state index is 12.7. The number of nitrogens with zero attached hydrogens (tertiary/aromatic N) is 3. The van der Waals surface area contributed by atoms with Crippen LogP contribution >= 0.6 is 0 Å². The number of para-hydroxylation sites is 2. The number of rotatable bonds is 6. The number of imidazole rings is 1. The van der Waals surface area contributed by atoms with Gasteiger partial charge in [-0.15, -0.1) is 0 Å². The summed E-state index contributed by atoms with van der Waals surface area (Å²) in [6.45, 7) is 7.16. The average molecular weight is 443 g/mol. The number of benzene rings is 2. The van der Waals surface area contributed by atoms with Gasteiger partial charge in [0.1, 0.15) is 5.76 Å². The van der Waals surface area contributed by atoms with Crippen LogP contribution in [0.4, 0.5) is 5.95 Å². The lowest BCUT2D eigenvalue weighted by atomic mass is 9.96. The molecule has 0 radical (unpaired) electrons. The lowest BCUT2D eigenvalue weighted by molar-refractivity contribution is -0.125. The highest BCUT2D eigenvalue weighted by Crippen LogP contribution is 2.28. The van der Waals surface area contributed by atoms with Crippen LogP contribution in [-0.4, -0.2) is 28.5 Å². The fourth-order valence-electron chi connectivity index (χ4n) is 4.67. The molecule has 0 unspecified atom stereocenters. The van der Waals surface area contributed by atoms with Crippen LogP contribution < -0.4 is 10.2 Å². The number of anilines is 1. The van der Waals surface area contributed by atoms with E-state index in [1.54, 1.807) is 6.26 Å². The maximum Gasteiger partial charge on any atom is 0.223 e. The molecule has 1 fully saturated rings. The van der Waals surface area contributed by atoms with Gasteiger partial charge in [-0.05, 0) is 62.1 Å². The molecule has 4 aromatic rings. The van der Waals surface area contributed by atoms with Gasteiger partial charge < -0.3 is 19.2 Å². The number of aromatic nitrogens is 2. The zero-order chi connectivity index (χ0) is 22.8. The molecule has 6 heteroatoms. The molecule has 3 heterocycles. The Morgan fingerprint density at radius 3 is 2.70 bits per heavy atom. The zero-order valence-electron chi connectivity index (χ0n) is 19.3. The number of furan rings is 1. The predicted molar refractivity (Wildman–Crippen MR) is 130 cm³/mol. The van der Waals surface area contributed by atoms with Crippen molar-refractivity contribution >= 4 is 22.9 Å². The number of nitrogens with one attached hydrogen (secondary N) is 1. The second kappa shape index (κ2) is 9.14. The molecule has 0 spiro atoms. The van der Waals surface area contributed by atoms with Crippen molar-refractivity contribution in [1.29, 1.82) is 0 Å². The van der Waals surface area contributed by atoms with Crippen LogP contribution in [0.1, 0.15) is 35.3 Å². The number of amides is 1. The highest BCUT2D eigenvalue weighted by molar-refractivity contribution is 5.80. The quantitative estimate of drug-likeness (QED) is 0.465. The number of fused-ring (bicyclic) bond motifs is 1. The van der Waals surface area contributed by atoms with Crippen molar-refractivity contribution in [2.75, 3.05) is 18.0 Å². The van der Waals surface area contributed by atoms with E-state index in [1.807, 2.05) is 18.2 Å². The van der Waals surface area contributed by atoms with Crippen LogP contribution in [0.5, 0.6) is 0 Å². The van der Waals surface area contributed by atoms with Gasteiger partial charge >= 0.3 is 0 Å². The SMILES string of the molecule is Cc1ccc(C)c(Cn2c(N3CCC(C(=O)NCc4ccco4)CC3)nc3ccccc32)c1. The Morgan fingerprint density at radius 1 is 1.09 bits per heavy atom. The fourth-order valence-corrected chi connectivity index (χ4v) is 4.67. The van der Waals surface area contributed by atoms with Gasteiger partial charge in [0.15, 0.2) is 0 Å². The van der Waals surface area contributed by atoms with E-state index >= 15 is 0 Å². The first-order chi connectivity index (χ1) is 16.1. The monoisotopic (exact) mass is 442 g/mol. The van der Waals surface area contributed by atoms with Crippen molar-refractivity contribution in [3.8, 4) is 0 Å². The highest BCUT2D eigenvalue weighted by atomic mass is 16.3. The largest absolute Gasteiger partial charge is 0.467 e. The van der Waals surface area contributed by atoms with E-state index < -0.39 is 0 Å². The Labute approximate surface area is 194 Å². The molecular formula is C27H30N4O2. The number of aryl methyl sites for hydroxylation is 2. The summed E-state index contributed by atoms with van der Waals surface area (Å²) in [7, 11) is 0. The standard InChI is InChI=1S/C27H30N4O2/c1-19-9-10-20(2)22(16-19)18-31-25-8-4-3-7-24(25)29-27(31)30-13-11-21(12-14-30)26(32)28-17-23-6-5-15-33-23/h3-10,15-16,21H,11-14,17-18H2,1-2H3,(H,28,32). The normalized spacial score (nSPS) is 14.7. The van der Waals surface area contributed by atoms with Crippen molar-refractivity contribution < 1.29 is 9.21 Å². The van der Waals surface area contributed by atoms with E-state index in [1.165, 1.54) is 16.7 Å². The highest BCUT2D eigenvalue weighted by Gasteiger charge is 2.28. The lowest BCUT2D eigenvalue weighted by Gasteiger charge is -2.32. The topological polar surface area (TPSA) is 63.3 Å². The summed E-state index contributed by atoms with van der Waals surface area (Å²) in [6.07, 6.45) is 3.26. The number of carbonyl (C=O) groups excluding carboxylic acids is 1. The van der Waals surface area contributed by atoms with Crippen molar-refractivity contribution in [3.63, 3.8) is 0 Å². The molecular weight excluding hydrogens is 412 g/mol. The second-order valence-electron chi connectivity index (χ2n) is 8.98. The molecule has 6 nitrogen and oxygen atoms in total. The zero-order valence-corrected chi connectivity index (χ0v) is 19.3. The van der Waals surface area contributed by atoms with Crippen LogP contribution in [0.3, 0.4) is 0 Å². The molecule has 1 amide bonds. The van der Waals surface area contributed by atoms with Gasteiger partial charge in [0.25, 0.3) is 0 Å². The van der Waals surface area contributed by atoms with E-state index in [2.05, 4.69) is 65.0 Å². The third kappa shape index (κ3) is 4.51. The van der Waals surface area contributed by atoms with Gasteiger partial charge in [-0.2, -0.15) is 0 Å². The first-order valence-electron chi connectivity index (χ1n) is 11.6. The summed E-state index contributed by atoms with van der Waals surface area (Å²) >= 11 is 0. The first kappa shape index (κ1) is 21.3. The summed E-state index contributed by atoms with van der Waals surface area (Å²) in [6, 6.07) is 18.7. The Balaban J connectivity index is 1.33. The lowest BCUT2D eigenvalue weighted by Crippen LogP contribution is -2.41. The summed E-state index contributed by atoms with van der Waals surface area (Å²) in [5, 5.41) is 3.01. The summed E-state index contributed by atoms with van der Waals surface area (Å²) in [5.74, 6) is 1.90. The number of hydrogen-bond donors (Lipinski definition) is 1. The summed E-state index contributed by atoms with van der Waals surface area (Å²) in [5.41, 5.74) is 6.02. The number of hydrogen-bond acceptors (Lipinski definition) is 4. The Bertz CT molecular complexity index is 1250. The van der Waals surface area contributed by atoms with Gasteiger partial charge in [0.2, 0.25) is 11.9 Å². The molecule has 0 aliphatic carbocycles. The van der Waals surface area contributed by atoms with Crippen LogP contribution in [0.15, 0.2) is 65.3 Å². The molecule has 1 aliphatic rings. The molecule has 1 N–H and O–H groups in total. The van der Waals surface area contributed by atoms with Crippen molar-refractivity contribution in [1.82, 2.24) is 14.9 Å². The van der Waals surface area contributed by atoms with Gasteiger partial charge in [-0.25, -0.2) is 4.98 Å². The van der Waals surface area contributed by atoms with Gasteiger partial charge in [0.05, 0.1) is 30.4 Å². The average Bonchev–Trinajstić information content (AvgIpc) is 3.48. The number of piperidine rings is 1. The van der Waals surface area contributed by atoms with Crippen molar-refractivity contribution in [2.24, 2.45) is 5.92 Å². The molecule has 1 saturated heterocycles. The molecule has 0 saturated carbocycles. The van der Waals surface area contributed by atoms with Crippen LogP contribution in [0.25, 0.3) is 11.0 Å². The molecule has 170 valence electrons. The second-order valence-corrected chi connectivity index (χ2v) is 8.98. The van der Waals surface area contributed by atoms with Crippen LogP contribution in [0.2, 0.25) is 0 Å². The molecule has 33 heavy (non-hydrogen) atoms. The van der Waals surface area contributed by atoms with Crippen LogP contribution in [0, 0.1) is 19.8 Å². The van der Waals surface area contributed by atoms with E-state index in [9.17, 15) is 4.79 Å². The van der Waals surface area contributed by atoms with E-state index in [0.29, 0.717) is 6.54 Å². The molecule has 0 bridgehead atoms. The van der Waals surface area contributed by atoms with Gasteiger partial charge in [0, 0.05) is 19.0 Å². The molecule has 1 aliphatic heterocycles. The third-order valence-electron chi connectivity index (χ3n) is 6.63. The Hall–Kier alpha value is -3.54. The Morgan fingerprint density at radius 2 is 1.91 bits per heavy atom. The predicted octanol–water partition coefficient (Wildman–Crippen LogP) is 4.83. The molecule has 5 rings (SSSR count). The first-order valence-corrected chi connectivity index (χ1v) is 11.6. The van der Waals surface area contributed by atoms with Crippen molar-refractivity contribution in [3.05, 3.63) is 83.3 Å². The van der Waals surface area contributed by atoms with Gasteiger partial charge in [-0.3, -0.25) is 4.79 Å². The fraction of sp³-hybridized carbons (Fsp3) is 0.333. The molecule has 2 aromatic carbocycles. The summed E-state index contributed by atoms with van der Waals surface area (Å²) in [4.78, 5) is 20.0. The third-order valence-corrected chi connectivity index (χ3v) is 6.63. The van der Waals surface area contributed by atoms with Gasteiger partial charge in [-0.1, -0.05) is 35.9 Å².